The van der Waals surface area contributed by atoms with E-state index in [1.807, 2.05) is 6.33 Å². The van der Waals surface area contributed by atoms with Gasteiger partial charge in [0.15, 0.2) is 0 Å². The van der Waals surface area contributed by atoms with E-state index in [9.17, 15) is 0 Å². The number of hydrogen-bond donors (Lipinski definition) is 1. The molecule has 0 radical (unpaired) electrons. The van der Waals surface area contributed by atoms with Gasteiger partial charge in [0.25, 0.3) is 0 Å². The van der Waals surface area contributed by atoms with Gasteiger partial charge in [-0.3, -0.25) is 0 Å². The zero-order chi connectivity index (χ0) is 13.8. The van der Waals surface area contributed by atoms with E-state index in [0.29, 0.717) is 0 Å². The molecule has 2 nitrogen and oxygen atoms in total. The van der Waals surface area contributed by atoms with Crippen molar-refractivity contribution < 1.29 is 0 Å². The second kappa shape index (κ2) is 5.90. The quantitative estimate of drug-likeness (QED) is 0.681. The maximum absolute atomic E-state index is 4.63. The fourth-order valence-corrected chi connectivity index (χ4v) is 2.44. The molecule has 0 fully saturated rings. The summed E-state index contributed by atoms with van der Waals surface area (Å²) in [5, 5.41) is 0. The van der Waals surface area contributed by atoms with Gasteiger partial charge in [-0.15, -0.1) is 0 Å². The van der Waals surface area contributed by atoms with Crippen LogP contribution >= 0.6 is 0 Å². The van der Waals surface area contributed by atoms with Crippen LogP contribution < -0.4 is 0 Å². The first kappa shape index (κ1) is 15.3. The first-order valence-corrected chi connectivity index (χ1v) is 7.39. The van der Waals surface area contributed by atoms with Gasteiger partial charge in [0, 0.05) is 16.5 Å². The molecule has 0 bridgehead atoms. The molecule has 1 N–H and O–H groups in total. The maximum Gasteiger partial charge on any atom is 0.0925 e. The summed E-state index contributed by atoms with van der Waals surface area (Å²) in [5.41, 5.74) is 2.96. The molecular weight excluding hydrogens is 220 g/mol. The third-order valence-electron chi connectivity index (χ3n) is 4.25. The van der Waals surface area contributed by atoms with Gasteiger partial charge in [0.05, 0.1) is 12.0 Å². The molecule has 104 valence electrons. The van der Waals surface area contributed by atoms with Crippen LogP contribution in [-0.4, -0.2) is 9.97 Å². The molecule has 1 heterocycles. The minimum atomic E-state index is 0.178. The summed E-state index contributed by atoms with van der Waals surface area (Å²) in [4.78, 5) is 8.01. The van der Waals surface area contributed by atoms with Gasteiger partial charge in [-0.2, -0.15) is 0 Å². The molecule has 0 amide bonds. The zero-order valence-corrected chi connectivity index (χ0v) is 13.1. The highest BCUT2D eigenvalue weighted by molar-refractivity contribution is 5.27. The first-order chi connectivity index (χ1) is 8.35. The monoisotopic (exact) mass is 250 g/mol. The van der Waals surface area contributed by atoms with Crippen LogP contribution in [0.3, 0.4) is 0 Å². The van der Waals surface area contributed by atoms with Gasteiger partial charge in [0.1, 0.15) is 0 Å². The van der Waals surface area contributed by atoms with Crippen molar-refractivity contribution in [3.8, 4) is 0 Å². The lowest BCUT2D eigenvalue weighted by atomic mass is 9.76. The van der Waals surface area contributed by atoms with Gasteiger partial charge >= 0.3 is 0 Å². The lowest BCUT2D eigenvalue weighted by Crippen LogP contribution is -2.26. The molecule has 1 aromatic rings. The Bertz CT molecular complexity index is 361. The Morgan fingerprint density at radius 1 is 1.06 bits per heavy atom. The minimum Gasteiger partial charge on any atom is -0.348 e. The van der Waals surface area contributed by atoms with Gasteiger partial charge in [-0.1, -0.05) is 60.8 Å². The Kier molecular flexibility index (Phi) is 5.01. The summed E-state index contributed by atoms with van der Waals surface area (Å²) in [6, 6.07) is 0. The highest BCUT2D eigenvalue weighted by Crippen LogP contribution is 2.36. The van der Waals surface area contributed by atoms with Crippen molar-refractivity contribution in [2.45, 2.75) is 84.5 Å². The van der Waals surface area contributed by atoms with Gasteiger partial charge in [-0.05, 0) is 12.8 Å². The third-order valence-corrected chi connectivity index (χ3v) is 4.25. The normalized spacial score (nSPS) is 13.0. The van der Waals surface area contributed by atoms with Gasteiger partial charge < -0.3 is 4.98 Å². The Labute approximate surface area is 113 Å². The molecule has 1 aromatic heterocycles. The summed E-state index contributed by atoms with van der Waals surface area (Å²) in [5.74, 6) is 0. The number of unbranched alkanes of at least 4 members (excludes halogenated alkanes) is 2. The van der Waals surface area contributed by atoms with Crippen molar-refractivity contribution in [1.29, 1.82) is 0 Å². The van der Waals surface area contributed by atoms with E-state index in [2.05, 4.69) is 51.5 Å². The number of aromatic amines is 1. The number of hydrogen-bond acceptors (Lipinski definition) is 1. The molecule has 18 heavy (non-hydrogen) atoms. The van der Waals surface area contributed by atoms with E-state index in [1.54, 1.807) is 0 Å². The first-order valence-electron chi connectivity index (χ1n) is 7.39. The number of rotatable bonds is 7. The molecule has 0 aliphatic heterocycles. The lowest BCUT2D eigenvalue weighted by molar-refractivity contribution is 0.414. The van der Waals surface area contributed by atoms with Crippen molar-refractivity contribution >= 4 is 0 Å². The summed E-state index contributed by atoms with van der Waals surface area (Å²) >= 11 is 0. The standard InChI is InChI=1S/C16H30N2/c1-7-9-10-11-16(5,6)14-13(17-12-18-14)15(3,4)8-2/h12H,7-11H2,1-6H3,(H,17,18). The van der Waals surface area contributed by atoms with Gasteiger partial charge in [-0.25, -0.2) is 4.98 Å². The average molecular weight is 250 g/mol. The molecule has 0 aliphatic carbocycles. The Balaban J connectivity index is 2.92. The van der Waals surface area contributed by atoms with Crippen LogP contribution in [-0.2, 0) is 10.8 Å². The Hall–Kier alpha value is -0.790. The molecule has 2 heteroatoms. The number of imidazole rings is 1. The van der Waals surface area contributed by atoms with E-state index >= 15 is 0 Å². The second-order valence-electron chi connectivity index (χ2n) is 6.70. The number of nitrogens with one attached hydrogen (secondary N) is 1. The van der Waals surface area contributed by atoms with E-state index < -0.39 is 0 Å². The number of aromatic nitrogens is 2. The molecule has 0 saturated heterocycles. The number of H-pyrrole nitrogens is 1. The fourth-order valence-electron chi connectivity index (χ4n) is 2.44. The Morgan fingerprint density at radius 2 is 1.72 bits per heavy atom. The molecule has 0 aliphatic rings. The van der Waals surface area contributed by atoms with Crippen LogP contribution in [0.5, 0.6) is 0 Å². The van der Waals surface area contributed by atoms with Crippen LogP contribution in [0.2, 0.25) is 0 Å². The molecule has 0 unspecified atom stereocenters. The summed E-state index contributed by atoms with van der Waals surface area (Å²) < 4.78 is 0. The zero-order valence-electron chi connectivity index (χ0n) is 13.1. The van der Waals surface area contributed by atoms with Gasteiger partial charge in [0.2, 0.25) is 0 Å². The topological polar surface area (TPSA) is 28.7 Å². The third kappa shape index (κ3) is 3.37. The van der Waals surface area contributed by atoms with Crippen LogP contribution in [0.4, 0.5) is 0 Å². The smallest absolute Gasteiger partial charge is 0.0925 e. The predicted octanol–water partition coefficient (Wildman–Crippen LogP) is 4.96. The van der Waals surface area contributed by atoms with Crippen molar-refractivity contribution in [3.05, 3.63) is 17.7 Å². The highest BCUT2D eigenvalue weighted by Gasteiger charge is 2.31. The fraction of sp³-hybridized carbons (Fsp3) is 0.812. The SMILES string of the molecule is CCCCCC(C)(C)c1nc[nH]c1C(C)(C)CC. The summed E-state index contributed by atoms with van der Waals surface area (Å²) in [6.07, 6.45) is 8.11. The molecule has 0 atom stereocenters. The van der Waals surface area contributed by atoms with Crippen molar-refractivity contribution in [1.82, 2.24) is 9.97 Å². The minimum absolute atomic E-state index is 0.178. The predicted molar refractivity (Wildman–Crippen MR) is 79.1 cm³/mol. The van der Waals surface area contributed by atoms with Crippen LogP contribution in [0.1, 0.15) is 85.0 Å². The molecule has 0 aromatic carbocycles. The van der Waals surface area contributed by atoms with E-state index in [-0.39, 0.29) is 10.8 Å². The van der Waals surface area contributed by atoms with Crippen molar-refractivity contribution in [2.75, 3.05) is 0 Å². The average Bonchev–Trinajstić information content (AvgIpc) is 2.79. The van der Waals surface area contributed by atoms with E-state index in [4.69, 9.17) is 0 Å². The van der Waals surface area contributed by atoms with E-state index in [1.165, 1.54) is 37.1 Å². The maximum atomic E-state index is 4.63. The van der Waals surface area contributed by atoms with Crippen molar-refractivity contribution in [2.24, 2.45) is 0 Å². The lowest BCUT2D eigenvalue weighted by Gasteiger charge is -2.30. The molecule has 0 saturated carbocycles. The molecule has 1 rings (SSSR count). The van der Waals surface area contributed by atoms with Crippen LogP contribution in [0.15, 0.2) is 6.33 Å². The summed E-state index contributed by atoms with van der Waals surface area (Å²) in [6.45, 7) is 13.8. The van der Waals surface area contributed by atoms with Crippen LogP contribution in [0.25, 0.3) is 0 Å². The molecular formula is C16H30N2. The van der Waals surface area contributed by atoms with E-state index in [0.717, 1.165) is 6.42 Å². The largest absolute Gasteiger partial charge is 0.348 e. The highest BCUT2D eigenvalue weighted by atomic mass is 14.9. The molecule has 0 spiro atoms. The van der Waals surface area contributed by atoms with Crippen molar-refractivity contribution in [3.63, 3.8) is 0 Å². The number of nitrogens with zero attached hydrogens (tertiary/aromatic N) is 1. The Morgan fingerprint density at radius 3 is 2.28 bits per heavy atom. The second-order valence-corrected chi connectivity index (χ2v) is 6.70. The van der Waals surface area contributed by atoms with Crippen LogP contribution in [0, 0.1) is 0 Å². The summed E-state index contributed by atoms with van der Waals surface area (Å²) in [7, 11) is 0.